The number of hydrogen-bond donors (Lipinski definition) is 1. The van der Waals surface area contributed by atoms with Crippen molar-refractivity contribution in [2.75, 3.05) is 23.4 Å². The normalized spacial score (nSPS) is 16.5. The standard InChI is InChI=1S/C20H16ClF3N2O4/c21-15-6-1-2-7-16(15)26-10-12(8-18(26)28)19(29)30-11-17(27)25-14-5-3-4-13(9-14)20(22,23)24/h1-7,9,12H,8,10-11H2,(H,25,27)/t12-/m0/s1. The monoisotopic (exact) mass is 440 g/mol. The largest absolute Gasteiger partial charge is 0.455 e. The van der Waals surface area contributed by atoms with Crippen LogP contribution in [0.4, 0.5) is 24.5 Å². The lowest BCUT2D eigenvalue weighted by Gasteiger charge is -2.17. The molecule has 1 N–H and O–H groups in total. The van der Waals surface area contributed by atoms with Crippen molar-refractivity contribution in [2.45, 2.75) is 12.6 Å². The van der Waals surface area contributed by atoms with Crippen LogP contribution in [-0.2, 0) is 25.3 Å². The van der Waals surface area contributed by atoms with Crippen molar-refractivity contribution < 1.29 is 32.3 Å². The van der Waals surface area contributed by atoms with Crippen LogP contribution in [0.5, 0.6) is 0 Å². The second-order valence-corrected chi connectivity index (χ2v) is 7.00. The summed E-state index contributed by atoms with van der Waals surface area (Å²) in [6.45, 7) is -0.636. The first-order valence-electron chi connectivity index (χ1n) is 8.84. The number of carbonyl (C=O) groups is 3. The Morgan fingerprint density at radius 3 is 2.60 bits per heavy atom. The molecule has 3 rings (SSSR count). The number of carbonyl (C=O) groups excluding carboxylic acids is 3. The fourth-order valence-electron chi connectivity index (χ4n) is 2.99. The Hall–Kier alpha value is -3.07. The van der Waals surface area contributed by atoms with Gasteiger partial charge in [-0.2, -0.15) is 13.2 Å². The quantitative estimate of drug-likeness (QED) is 0.716. The van der Waals surface area contributed by atoms with Crippen LogP contribution in [0, 0.1) is 5.92 Å². The molecule has 10 heteroatoms. The Kier molecular flexibility index (Phi) is 6.31. The molecule has 1 heterocycles. The Morgan fingerprint density at radius 2 is 1.90 bits per heavy atom. The highest BCUT2D eigenvalue weighted by Gasteiger charge is 2.37. The van der Waals surface area contributed by atoms with Crippen molar-refractivity contribution in [2.24, 2.45) is 5.92 Å². The maximum absolute atomic E-state index is 12.7. The van der Waals surface area contributed by atoms with Crippen LogP contribution in [0.1, 0.15) is 12.0 Å². The van der Waals surface area contributed by atoms with E-state index < -0.39 is 36.1 Å². The zero-order valence-corrected chi connectivity index (χ0v) is 16.2. The van der Waals surface area contributed by atoms with Crippen molar-refractivity contribution >= 4 is 40.8 Å². The van der Waals surface area contributed by atoms with Gasteiger partial charge in [0, 0.05) is 18.7 Å². The fraction of sp³-hybridized carbons (Fsp3) is 0.250. The topological polar surface area (TPSA) is 75.7 Å². The van der Waals surface area contributed by atoms with Crippen LogP contribution in [0.25, 0.3) is 0 Å². The van der Waals surface area contributed by atoms with Crippen LogP contribution in [0.3, 0.4) is 0 Å². The molecule has 1 saturated heterocycles. The molecular formula is C20H16ClF3N2O4. The van der Waals surface area contributed by atoms with E-state index >= 15 is 0 Å². The molecule has 1 aliphatic rings. The minimum atomic E-state index is -4.55. The molecule has 1 fully saturated rings. The van der Waals surface area contributed by atoms with Gasteiger partial charge in [-0.25, -0.2) is 0 Å². The first-order valence-corrected chi connectivity index (χ1v) is 9.21. The molecule has 0 saturated carbocycles. The van der Waals surface area contributed by atoms with Gasteiger partial charge in [-0.1, -0.05) is 29.8 Å². The third-order valence-electron chi connectivity index (χ3n) is 4.42. The van der Waals surface area contributed by atoms with E-state index in [1.165, 1.54) is 11.0 Å². The first kappa shape index (κ1) is 21.6. The van der Waals surface area contributed by atoms with Gasteiger partial charge in [-0.05, 0) is 30.3 Å². The van der Waals surface area contributed by atoms with Crippen LogP contribution in [0.2, 0.25) is 5.02 Å². The molecule has 0 aliphatic carbocycles. The molecule has 0 radical (unpaired) electrons. The van der Waals surface area contributed by atoms with Gasteiger partial charge in [0.05, 0.1) is 22.2 Å². The van der Waals surface area contributed by atoms with Gasteiger partial charge >= 0.3 is 12.1 Å². The van der Waals surface area contributed by atoms with Crippen LogP contribution in [0.15, 0.2) is 48.5 Å². The average Bonchev–Trinajstić information content (AvgIpc) is 3.07. The first-order chi connectivity index (χ1) is 14.1. The molecule has 0 bridgehead atoms. The second kappa shape index (κ2) is 8.74. The molecule has 2 aromatic carbocycles. The van der Waals surface area contributed by atoms with Gasteiger partial charge in [0.2, 0.25) is 5.91 Å². The summed E-state index contributed by atoms with van der Waals surface area (Å²) in [5.74, 6) is -2.64. The van der Waals surface area contributed by atoms with Crippen molar-refractivity contribution in [3.05, 3.63) is 59.1 Å². The minimum absolute atomic E-state index is 0.0522. The molecule has 30 heavy (non-hydrogen) atoms. The lowest BCUT2D eigenvalue weighted by molar-refractivity contribution is -0.151. The average molecular weight is 441 g/mol. The van der Waals surface area contributed by atoms with Crippen molar-refractivity contribution in [3.8, 4) is 0 Å². The molecule has 1 aliphatic heterocycles. The Morgan fingerprint density at radius 1 is 1.17 bits per heavy atom. The third kappa shape index (κ3) is 5.10. The molecule has 0 unspecified atom stereocenters. The molecular weight excluding hydrogens is 425 g/mol. The van der Waals surface area contributed by atoms with Crippen molar-refractivity contribution in [3.63, 3.8) is 0 Å². The number of nitrogens with zero attached hydrogens (tertiary/aromatic N) is 1. The molecule has 2 amide bonds. The maximum Gasteiger partial charge on any atom is 0.416 e. The van der Waals surface area contributed by atoms with E-state index in [0.29, 0.717) is 10.7 Å². The van der Waals surface area contributed by atoms with E-state index in [0.717, 1.165) is 18.2 Å². The highest BCUT2D eigenvalue weighted by molar-refractivity contribution is 6.33. The summed E-state index contributed by atoms with van der Waals surface area (Å²) in [7, 11) is 0. The zero-order chi connectivity index (χ0) is 21.9. The molecule has 6 nitrogen and oxygen atoms in total. The third-order valence-corrected chi connectivity index (χ3v) is 4.74. The number of ether oxygens (including phenoxy) is 1. The number of para-hydroxylation sites is 1. The summed E-state index contributed by atoms with van der Waals surface area (Å²) in [4.78, 5) is 37.7. The van der Waals surface area contributed by atoms with E-state index in [-0.39, 0.29) is 24.6 Å². The van der Waals surface area contributed by atoms with Crippen LogP contribution >= 0.6 is 11.6 Å². The second-order valence-electron chi connectivity index (χ2n) is 6.59. The summed E-state index contributed by atoms with van der Waals surface area (Å²) in [6, 6.07) is 10.8. The summed E-state index contributed by atoms with van der Waals surface area (Å²) in [5.41, 5.74) is -0.519. The smallest absolute Gasteiger partial charge is 0.416 e. The minimum Gasteiger partial charge on any atom is -0.455 e. The Balaban J connectivity index is 1.54. The zero-order valence-electron chi connectivity index (χ0n) is 15.4. The molecule has 1 atom stereocenters. The number of benzene rings is 2. The van der Waals surface area contributed by atoms with E-state index in [1.807, 2.05) is 0 Å². The lowest BCUT2D eigenvalue weighted by atomic mass is 10.1. The Labute approximate surface area is 174 Å². The number of amides is 2. The summed E-state index contributed by atoms with van der Waals surface area (Å²) >= 11 is 6.08. The summed E-state index contributed by atoms with van der Waals surface area (Å²) in [6.07, 6.45) is -4.64. The van der Waals surface area contributed by atoms with Gasteiger partial charge in [-0.15, -0.1) is 0 Å². The van der Waals surface area contributed by atoms with Gasteiger partial charge in [0.25, 0.3) is 5.91 Å². The van der Waals surface area contributed by atoms with E-state index in [4.69, 9.17) is 16.3 Å². The number of anilines is 2. The van der Waals surface area contributed by atoms with E-state index in [2.05, 4.69) is 5.32 Å². The predicted octanol–water partition coefficient (Wildman–Crippen LogP) is 3.89. The van der Waals surface area contributed by atoms with Gasteiger partial charge in [0.15, 0.2) is 6.61 Å². The van der Waals surface area contributed by atoms with E-state index in [1.54, 1.807) is 24.3 Å². The number of nitrogens with one attached hydrogen (secondary N) is 1. The van der Waals surface area contributed by atoms with Crippen LogP contribution in [-0.4, -0.2) is 30.9 Å². The van der Waals surface area contributed by atoms with Gasteiger partial charge in [-0.3, -0.25) is 14.4 Å². The predicted molar refractivity (Wildman–Crippen MR) is 103 cm³/mol. The number of halogens is 4. The Bertz CT molecular complexity index is 981. The number of rotatable bonds is 5. The highest BCUT2D eigenvalue weighted by atomic mass is 35.5. The summed E-state index contributed by atoms with van der Waals surface area (Å²) in [5, 5.41) is 2.60. The molecule has 0 spiro atoms. The molecule has 2 aromatic rings. The number of hydrogen-bond acceptors (Lipinski definition) is 4. The maximum atomic E-state index is 12.7. The summed E-state index contributed by atoms with van der Waals surface area (Å²) < 4.78 is 43.1. The van der Waals surface area contributed by atoms with Crippen molar-refractivity contribution in [1.29, 1.82) is 0 Å². The van der Waals surface area contributed by atoms with Crippen molar-refractivity contribution in [1.82, 2.24) is 0 Å². The van der Waals surface area contributed by atoms with Crippen LogP contribution < -0.4 is 10.2 Å². The lowest BCUT2D eigenvalue weighted by Crippen LogP contribution is -2.28. The number of esters is 1. The van der Waals surface area contributed by atoms with Gasteiger partial charge in [0.1, 0.15) is 0 Å². The fourth-order valence-corrected chi connectivity index (χ4v) is 3.23. The number of alkyl halides is 3. The molecule has 158 valence electrons. The van der Waals surface area contributed by atoms with Gasteiger partial charge < -0.3 is 15.0 Å². The SMILES string of the molecule is O=C(COC(=O)[C@H]1CC(=O)N(c2ccccc2Cl)C1)Nc1cccc(C(F)(F)F)c1. The highest BCUT2D eigenvalue weighted by Crippen LogP contribution is 2.32. The molecule has 0 aromatic heterocycles. The van der Waals surface area contributed by atoms with E-state index in [9.17, 15) is 27.6 Å².